The number of para-hydroxylation sites is 2. The summed E-state index contributed by atoms with van der Waals surface area (Å²) in [4.78, 5) is 38.0. The van der Waals surface area contributed by atoms with Crippen molar-refractivity contribution in [3.8, 4) is 0 Å². The molecule has 1 saturated heterocycles. The van der Waals surface area contributed by atoms with E-state index in [1.165, 1.54) is 24.3 Å². The third-order valence-corrected chi connectivity index (χ3v) is 5.51. The van der Waals surface area contributed by atoms with Crippen molar-refractivity contribution < 1.29 is 28.6 Å². The number of benzene rings is 2. The van der Waals surface area contributed by atoms with Crippen LogP contribution < -0.4 is 10.6 Å². The molecule has 186 valence electrons. The van der Waals surface area contributed by atoms with Gasteiger partial charge in [-0.3, -0.25) is 14.9 Å². The summed E-state index contributed by atoms with van der Waals surface area (Å²) in [7, 11) is 1.84. The van der Waals surface area contributed by atoms with Gasteiger partial charge < -0.3 is 20.1 Å². The summed E-state index contributed by atoms with van der Waals surface area (Å²) in [5.74, 6) is -2.86. The van der Waals surface area contributed by atoms with Gasteiger partial charge in [0, 0.05) is 30.6 Å². The van der Waals surface area contributed by atoms with E-state index in [0.29, 0.717) is 30.0 Å². The molecule has 9 heteroatoms. The molecule has 0 saturated carbocycles. The van der Waals surface area contributed by atoms with Crippen LogP contribution in [0.25, 0.3) is 6.08 Å². The van der Waals surface area contributed by atoms with Crippen molar-refractivity contribution in [1.82, 2.24) is 4.90 Å². The van der Waals surface area contributed by atoms with Gasteiger partial charge in [0.25, 0.3) is 0 Å². The zero-order chi connectivity index (χ0) is 25.8. The largest absolute Gasteiger partial charge is 0.481 e. The third-order valence-electron chi connectivity index (χ3n) is 5.51. The van der Waals surface area contributed by atoms with Crippen LogP contribution in [0.2, 0.25) is 0 Å². The number of carbonyl (C=O) groups excluding carboxylic acids is 2. The van der Waals surface area contributed by atoms with Crippen LogP contribution in [0.3, 0.4) is 0 Å². The molecular weight excluding hydrogens is 453 g/mol. The number of likely N-dealkylation sites (N-methyl/N-ethyl adjacent to an activating group) is 1. The average molecular weight is 484 g/mol. The van der Waals surface area contributed by atoms with Crippen LogP contribution in [0.4, 0.5) is 20.6 Å². The van der Waals surface area contributed by atoms with Gasteiger partial charge in [-0.25, -0.2) is 9.18 Å². The number of carbonyl (C=O) groups is 3. The number of rotatable bonds is 6. The van der Waals surface area contributed by atoms with Gasteiger partial charge in [0.15, 0.2) is 0 Å². The van der Waals surface area contributed by atoms with Crippen LogP contribution in [-0.2, 0) is 14.3 Å². The number of aliphatic carboxylic acids is 1. The summed E-state index contributed by atoms with van der Waals surface area (Å²) in [5.41, 5.74) is 0.847. The van der Waals surface area contributed by atoms with Gasteiger partial charge in [-0.15, -0.1) is 0 Å². The maximum Gasteiger partial charge on any atom is 0.412 e. The zero-order valence-corrected chi connectivity index (χ0v) is 20.2. The molecular formula is C26H30FN3O5. The summed E-state index contributed by atoms with van der Waals surface area (Å²) in [6.45, 7) is 6.17. The Morgan fingerprint density at radius 2 is 1.74 bits per heavy atom. The van der Waals surface area contributed by atoms with E-state index in [1.807, 2.05) is 11.9 Å². The van der Waals surface area contributed by atoms with Crippen LogP contribution in [0.5, 0.6) is 0 Å². The molecule has 3 rings (SSSR count). The second-order valence-corrected chi connectivity index (χ2v) is 9.55. The molecule has 3 N–H and O–H groups in total. The Hall–Kier alpha value is -3.72. The summed E-state index contributed by atoms with van der Waals surface area (Å²) < 4.78 is 20.0. The topological polar surface area (TPSA) is 108 Å². The fraction of sp³-hybridized carbons (Fsp3) is 0.346. The van der Waals surface area contributed by atoms with Crippen molar-refractivity contribution in [3.63, 3.8) is 0 Å². The minimum Gasteiger partial charge on any atom is -0.481 e. The third kappa shape index (κ3) is 7.13. The van der Waals surface area contributed by atoms with E-state index in [2.05, 4.69) is 10.6 Å². The highest BCUT2D eigenvalue weighted by Gasteiger charge is 2.37. The molecule has 2 aromatic carbocycles. The Morgan fingerprint density at radius 1 is 1.09 bits per heavy atom. The molecule has 2 amide bonds. The average Bonchev–Trinajstić information content (AvgIpc) is 3.15. The molecule has 35 heavy (non-hydrogen) atoms. The Labute approximate surface area is 203 Å². The molecule has 1 aliphatic rings. The highest BCUT2D eigenvalue weighted by atomic mass is 19.1. The van der Waals surface area contributed by atoms with E-state index in [-0.39, 0.29) is 11.5 Å². The van der Waals surface area contributed by atoms with Crippen LogP contribution >= 0.6 is 0 Å². The number of hydrogen-bond donors (Lipinski definition) is 3. The molecule has 0 bridgehead atoms. The van der Waals surface area contributed by atoms with E-state index in [1.54, 1.807) is 51.1 Å². The van der Waals surface area contributed by atoms with E-state index in [9.17, 15) is 23.9 Å². The Kier molecular flexibility index (Phi) is 7.91. The number of carboxylic acid groups (broad SMARTS) is 1. The predicted molar refractivity (Wildman–Crippen MR) is 132 cm³/mol. The number of ether oxygens (including phenoxy) is 1. The Morgan fingerprint density at radius 3 is 2.34 bits per heavy atom. The Bertz CT molecular complexity index is 1140. The van der Waals surface area contributed by atoms with Gasteiger partial charge in [0.05, 0.1) is 17.3 Å². The smallest absolute Gasteiger partial charge is 0.412 e. The molecule has 0 radical (unpaired) electrons. The number of nitrogens with zero attached hydrogens (tertiary/aromatic N) is 1. The number of carboxylic acids is 1. The molecule has 1 aliphatic heterocycles. The van der Waals surface area contributed by atoms with Crippen LogP contribution in [0, 0.1) is 11.7 Å². The molecule has 0 aliphatic carbocycles. The van der Waals surface area contributed by atoms with Gasteiger partial charge in [0.2, 0.25) is 5.91 Å². The lowest BCUT2D eigenvalue weighted by Crippen LogP contribution is -2.27. The first-order valence-electron chi connectivity index (χ1n) is 11.2. The van der Waals surface area contributed by atoms with Crippen molar-refractivity contribution in [3.05, 3.63) is 65.5 Å². The highest BCUT2D eigenvalue weighted by Crippen LogP contribution is 2.33. The molecule has 2 unspecified atom stereocenters. The maximum absolute atomic E-state index is 14.7. The van der Waals surface area contributed by atoms with Gasteiger partial charge in [-0.1, -0.05) is 24.3 Å². The molecule has 2 aromatic rings. The summed E-state index contributed by atoms with van der Waals surface area (Å²) in [6, 6.07) is 11.2. The number of halogens is 1. The maximum atomic E-state index is 14.7. The summed E-state index contributed by atoms with van der Waals surface area (Å²) in [5, 5.41) is 14.7. The first kappa shape index (κ1) is 25.9. The van der Waals surface area contributed by atoms with Crippen molar-refractivity contribution >= 4 is 35.4 Å². The van der Waals surface area contributed by atoms with E-state index in [0.717, 1.165) is 0 Å². The second kappa shape index (κ2) is 10.7. The first-order chi connectivity index (χ1) is 16.4. The molecule has 2 atom stereocenters. The van der Waals surface area contributed by atoms with Gasteiger partial charge in [-0.05, 0) is 57.7 Å². The molecule has 0 spiro atoms. The quantitative estimate of drug-likeness (QED) is 0.520. The van der Waals surface area contributed by atoms with Gasteiger partial charge in [-0.2, -0.15) is 0 Å². The van der Waals surface area contributed by atoms with Crippen molar-refractivity contribution in [2.45, 2.75) is 32.3 Å². The number of likely N-dealkylation sites (tertiary alicyclic amines) is 1. The van der Waals surface area contributed by atoms with Crippen LogP contribution in [-0.4, -0.2) is 53.7 Å². The lowest BCUT2D eigenvalue weighted by atomic mass is 9.88. The molecule has 1 fully saturated rings. The monoisotopic (exact) mass is 483 g/mol. The van der Waals surface area contributed by atoms with Crippen LogP contribution in [0.15, 0.2) is 48.5 Å². The number of anilines is 2. The number of hydrogen-bond acceptors (Lipinski definition) is 5. The lowest BCUT2D eigenvalue weighted by molar-refractivity contribution is -0.141. The minimum atomic E-state index is -0.901. The zero-order valence-electron chi connectivity index (χ0n) is 20.2. The minimum absolute atomic E-state index is 0.197. The fourth-order valence-electron chi connectivity index (χ4n) is 3.95. The normalized spacial score (nSPS) is 18.4. The standard InChI is InChI=1S/C26H30FN3O5/c1-26(2,3)35-25(34)29-22-8-6-5-7-21(22)28-23(31)12-11-16-9-10-17(13-20(16)27)18-14-30(4)15-19(18)24(32)33/h5-13,18-19H,14-15H2,1-4H3,(H,28,31)(H,29,34)(H,32,33). The Balaban J connectivity index is 1.68. The van der Waals surface area contributed by atoms with E-state index in [4.69, 9.17) is 4.74 Å². The molecule has 1 heterocycles. The molecule has 8 nitrogen and oxygen atoms in total. The summed E-state index contributed by atoms with van der Waals surface area (Å²) >= 11 is 0. The summed E-state index contributed by atoms with van der Waals surface area (Å²) in [6.07, 6.45) is 1.87. The lowest BCUT2D eigenvalue weighted by Gasteiger charge is -2.20. The van der Waals surface area contributed by atoms with Crippen molar-refractivity contribution in [2.75, 3.05) is 30.8 Å². The first-order valence-corrected chi connectivity index (χ1v) is 11.2. The van der Waals surface area contributed by atoms with E-state index < -0.39 is 35.3 Å². The van der Waals surface area contributed by atoms with Gasteiger partial charge >= 0.3 is 12.1 Å². The highest BCUT2D eigenvalue weighted by molar-refractivity contribution is 6.05. The second-order valence-electron chi connectivity index (χ2n) is 9.55. The number of amides is 2. The van der Waals surface area contributed by atoms with Crippen molar-refractivity contribution in [1.29, 1.82) is 0 Å². The van der Waals surface area contributed by atoms with Gasteiger partial charge in [0.1, 0.15) is 11.4 Å². The SMILES string of the molecule is CN1CC(C(=O)O)C(c2ccc(C=CC(=O)Nc3ccccc3NC(=O)OC(C)(C)C)c(F)c2)C1. The number of nitrogens with one attached hydrogen (secondary N) is 2. The van der Waals surface area contributed by atoms with E-state index >= 15 is 0 Å². The van der Waals surface area contributed by atoms with Crippen LogP contribution in [0.1, 0.15) is 37.8 Å². The predicted octanol–water partition coefficient (Wildman–Crippen LogP) is 4.55. The van der Waals surface area contributed by atoms with Crippen molar-refractivity contribution in [2.24, 2.45) is 5.92 Å². The fourth-order valence-corrected chi connectivity index (χ4v) is 3.95. The molecule has 0 aromatic heterocycles.